The highest BCUT2D eigenvalue weighted by Gasteiger charge is 2.44. The van der Waals surface area contributed by atoms with Crippen molar-refractivity contribution in [2.45, 2.75) is 44.0 Å². The van der Waals surface area contributed by atoms with Crippen molar-refractivity contribution in [3.63, 3.8) is 0 Å². The van der Waals surface area contributed by atoms with Gasteiger partial charge in [-0.25, -0.2) is 4.39 Å². The number of halogens is 1. The Balaban J connectivity index is 1.78. The lowest BCUT2D eigenvalue weighted by Crippen LogP contribution is -2.56. The summed E-state index contributed by atoms with van der Waals surface area (Å²) in [5, 5.41) is 41.3. The first-order valence-corrected chi connectivity index (χ1v) is 10.1. The van der Waals surface area contributed by atoms with Gasteiger partial charge in [0.15, 0.2) is 6.23 Å². The van der Waals surface area contributed by atoms with Crippen LogP contribution >= 0.6 is 0 Å². The molecule has 7 nitrogen and oxygen atoms in total. The summed E-state index contributed by atoms with van der Waals surface area (Å²) >= 11 is 0. The van der Waals surface area contributed by atoms with Crippen molar-refractivity contribution in [3.05, 3.63) is 65.1 Å². The number of rotatable bonds is 5. The van der Waals surface area contributed by atoms with E-state index in [9.17, 15) is 24.8 Å². The molecule has 0 amide bonds. The number of benzene rings is 2. The van der Waals surface area contributed by atoms with Crippen LogP contribution in [0.1, 0.15) is 22.9 Å². The summed E-state index contributed by atoms with van der Waals surface area (Å²) in [6, 6.07) is 10.5. The van der Waals surface area contributed by atoms with Gasteiger partial charge in [0.1, 0.15) is 36.0 Å². The molecule has 0 saturated carbocycles. The third-order valence-electron chi connectivity index (χ3n) is 5.85. The van der Waals surface area contributed by atoms with Crippen molar-refractivity contribution in [1.29, 1.82) is 0 Å². The molecule has 0 unspecified atom stereocenters. The zero-order valence-electron chi connectivity index (χ0n) is 17.3. The molecule has 8 heteroatoms. The lowest BCUT2D eigenvalue weighted by molar-refractivity contribution is -0.250. The standard InChI is InChI=1S/C23H26FNO6/c1-12-3-6-16-14(8-13-4-5-15(30-2)9-17(13)24)10-25(18(16)7-12)23-22(29)21(28)20(27)19(11-26)31-23/h3-7,9-10,19-23,26-29H,8,11H2,1-2H3/t19-,20-,21+,22-,23-/m1/s1. The Morgan fingerprint density at radius 1 is 1.03 bits per heavy atom. The van der Waals surface area contributed by atoms with Crippen molar-refractivity contribution in [1.82, 2.24) is 4.57 Å². The molecular formula is C23H26FNO6. The van der Waals surface area contributed by atoms with Crippen LogP contribution in [0.4, 0.5) is 4.39 Å². The number of hydrogen-bond donors (Lipinski definition) is 4. The second kappa shape index (κ2) is 8.57. The number of fused-ring (bicyclic) bond motifs is 1. The number of aryl methyl sites for hydroxylation is 1. The minimum atomic E-state index is -1.49. The van der Waals surface area contributed by atoms with Crippen LogP contribution in [0.25, 0.3) is 10.9 Å². The molecule has 0 spiro atoms. The SMILES string of the molecule is COc1ccc(Cc2cn([C@@H]3O[C@H](CO)[C@@H](O)[C@H](O)[C@H]3O)c3cc(C)ccc23)c(F)c1. The second-order valence-electron chi connectivity index (χ2n) is 7.94. The zero-order valence-corrected chi connectivity index (χ0v) is 17.3. The Labute approximate surface area is 178 Å². The van der Waals surface area contributed by atoms with E-state index in [1.54, 1.807) is 22.9 Å². The quantitative estimate of drug-likeness (QED) is 0.490. The zero-order chi connectivity index (χ0) is 22.3. The third-order valence-corrected chi connectivity index (χ3v) is 5.85. The summed E-state index contributed by atoms with van der Waals surface area (Å²) in [5.41, 5.74) is 2.98. The van der Waals surface area contributed by atoms with Crippen LogP contribution < -0.4 is 4.74 Å². The fraction of sp³-hybridized carbons (Fsp3) is 0.391. The van der Waals surface area contributed by atoms with Gasteiger partial charge in [0.05, 0.1) is 19.2 Å². The summed E-state index contributed by atoms with van der Waals surface area (Å²) in [7, 11) is 1.48. The van der Waals surface area contributed by atoms with Gasteiger partial charge in [-0.05, 0) is 35.7 Å². The highest BCUT2D eigenvalue weighted by molar-refractivity contribution is 5.85. The van der Waals surface area contributed by atoms with Crippen molar-refractivity contribution >= 4 is 10.9 Å². The third kappa shape index (κ3) is 3.93. The minimum absolute atomic E-state index is 0.291. The number of aliphatic hydroxyl groups excluding tert-OH is 4. The van der Waals surface area contributed by atoms with E-state index in [-0.39, 0.29) is 5.82 Å². The Bertz CT molecular complexity index is 1080. The summed E-state index contributed by atoms with van der Waals surface area (Å²) in [6.07, 6.45) is -4.35. The molecule has 0 radical (unpaired) electrons. The van der Waals surface area contributed by atoms with Crippen LogP contribution in [0.3, 0.4) is 0 Å². The highest BCUT2D eigenvalue weighted by atomic mass is 19.1. The van der Waals surface area contributed by atoms with Gasteiger partial charge in [0, 0.05) is 24.1 Å². The van der Waals surface area contributed by atoms with E-state index in [1.165, 1.54) is 13.2 Å². The molecule has 0 bridgehead atoms. The van der Waals surface area contributed by atoms with Crippen molar-refractivity contribution in [3.8, 4) is 5.75 Å². The first-order chi connectivity index (χ1) is 14.8. The predicted molar refractivity (Wildman–Crippen MR) is 111 cm³/mol. The monoisotopic (exact) mass is 431 g/mol. The van der Waals surface area contributed by atoms with Gasteiger partial charge in [-0.2, -0.15) is 0 Å². The minimum Gasteiger partial charge on any atom is -0.497 e. The lowest BCUT2D eigenvalue weighted by atomic mass is 9.98. The maximum absolute atomic E-state index is 14.6. The van der Waals surface area contributed by atoms with E-state index in [4.69, 9.17) is 9.47 Å². The summed E-state index contributed by atoms with van der Waals surface area (Å²) in [5.74, 6) is 0.0424. The smallest absolute Gasteiger partial charge is 0.163 e. The van der Waals surface area contributed by atoms with E-state index in [0.29, 0.717) is 17.7 Å². The molecule has 5 atom stereocenters. The molecule has 2 aromatic carbocycles. The molecule has 31 heavy (non-hydrogen) atoms. The maximum atomic E-state index is 14.6. The van der Waals surface area contributed by atoms with Crippen LogP contribution in [0.2, 0.25) is 0 Å². The average molecular weight is 431 g/mol. The van der Waals surface area contributed by atoms with Gasteiger partial charge in [-0.3, -0.25) is 0 Å². The molecule has 2 heterocycles. The van der Waals surface area contributed by atoms with Crippen LogP contribution in [0.15, 0.2) is 42.6 Å². The van der Waals surface area contributed by atoms with E-state index in [0.717, 1.165) is 22.0 Å². The van der Waals surface area contributed by atoms with Crippen LogP contribution in [-0.4, -0.2) is 63.1 Å². The van der Waals surface area contributed by atoms with Crippen molar-refractivity contribution in [2.24, 2.45) is 0 Å². The fourth-order valence-corrected chi connectivity index (χ4v) is 4.10. The number of aliphatic hydroxyl groups is 4. The fourth-order valence-electron chi connectivity index (χ4n) is 4.10. The number of hydrogen-bond acceptors (Lipinski definition) is 6. The lowest BCUT2D eigenvalue weighted by Gasteiger charge is -2.40. The van der Waals surface area contributed by atoms with Crippen LogP contribution in [0, 0.1) is 12.7 Å². The number of ether oxygens (including phenoxy) is 2. The predicted octanol–water partition coefficient (Wildman–Crippen LogP) is 1.66. The van der Waals surface area contributed by atoms with Gasteiger partial charge in [-0.1, -0.05) is 18.2 Å². The van der Waals surface area contributed by atoms with Crippen LogP contribution in [0.5, 0.6) is 5.75 Å². The average Bonchev–Trinajstić information content (AvgIpc) is 3.11. The molecule has 1 aromatic heterocycles. The summed E-state index contributed by atoms with van der Waals surface area (Å²) in [6.45, 7) is 1.41. The number of nitrogens with zero attached hydrogens (tertiary/aromatic N) is 1. The molecule has 3 aromatic rings. The topological polar surface area (TPSA) is 104 Å². The van der Waals surface area contributed by atoms with E-state index < -0.39 is 37.3 Å². The molecule has 166 valence electrons. The molecule has 1 saturated heterocycles. The van der Waals surface area contributed by atoms with Crippen LogP contribution in [-0.2, 0) is 11.2 Å². The summed E-state index contributed by atoms with van der Waals surface area (Å²) < 4.78 is 27.0. The van der Waals surface area contributed by atoms with Gasteiger partial charge in [0.2, 0.25) is 0 Å². The first kappa shape index (κ1) is 21.7. The van der Waals surface area contributed by atoms with Gasteiger partial charge in [0.25, 0.3) is 0 Å². The molecule has 4 rings (SSSR count). The van der Waals surface area contributed by atoms with E-state index in [1.807, 2.05) is 25.1 Å². The van der Waals surface area contributed by atoms with E-state index in [2.05, 4.69) is 0 Å². The molecule has 1 fully saturated rings. The molecule has 4 N–H and O–H groups in total. The summed E-state index contributed by atoms with van der Waals surface area (Å²) in [4.78, 5) is 0. The van der Waals surface area contributed by atoms with Crippen molar-refractivity contribution in [2.75, 3.05) is 13.7 Å². The van der Waals surface area contributed by atoms with E-state index >= 15 is 0 Å². The number of aromatic nitrogens is 1. The Morgan fingerprint density at radius 2 is 1.81 bits per heavy atom. The Morgan fingerprint density at radius 3 is 2.48 bits per heavy atom. The van der Waals surface area contributed by atoms with Gasteiger partial charge in [-0.15, -0.1) is 0 Å². The highest BCUT2D eigenvalue weighted by Crippen LogP contribution is 2.34. The molecule has 0 aliphatic carbocycles. The molecular weight excluding hydrogens is 405 g/mol. The molecule has 1 aliphatic rings. The Kier molecular flexibility index (Phi) is 6.00. The first-order valence-electron chi connectivity index (χ1n) is 10.1. The number of methoxy groups -OCH3 is 1. The van der Waals surface area contributed by atoms with Crippen molar-refractivity contribution < 1.29 is 34.3 Å². The van der Waals surface area contributed by atoms with Gasteiger partial charge >= 0.3 is 0 Å². The largest absolute Gasteiger partial charge is 0.497 e. The maximum Gasteiger partial charge on any atom is 0.163 e. The Hall–Kier alpha value is -2.49. The second-order valence-corrected chi connectivity index (χ2v) is 7.94. The molecule has 1 aliphatic heterocycles. The normalized spacial score (nSPS) is 26.4. The van der Waals surface area contributed by atoms with Gasteiger partial charge < -0.3 is 34.5 Å².